The van der Waals surface area contributed by atoms with Crippen molar-refractivity contribution >= 4 is 11.9 Å². The van der Waals surface area contributed by atoms with Crippen LogP contribution in [0.25, 0.3) is 0 Å². The van der Waals surface area contributed by atoms with Crippen molar-refractivity contribution in [3.63, 3.8) is 0 Å². The summed E-state index contributed by atoms with van der Waals surface area (Å²) < 4.78 is 0. The number of rotatable bonds is 4. The molecule has 0 saturated carbocycles. The zero-order valence-corrected chi connectivity index (χ0v) is 12.8. The molecule has 1 unspecified atom stereocenters. The molecule has 1 amide bonds. The predicted octanol–water partition coefficient (Wildman–Crippen LogP) is 4.19. The molecule has 0 aliphatic rings. The van der Waals surface area contributed by atoms with E-state index in [1.54, 1.807) is 12.3 Å². The Morgan fingerprint density at radius 1 is 1.32 bits per heavy atom. The lowest BCUT2D eigenvalue weighted by atomic mass is 9.98. The average Bonchev–Trinajstić information content (AvgIpc) is 2.38. The zero-order chi connectivity index (χ0) is 15.0. The Morgan fingerprint density at radius 2 is 1.89 bits per heavy atom. The molecule has 1 atom stereocenters. The van der Waals surface area contributed by atoms with Crippen LogP contribution in [0.1, 0.15) is 40.2 Å². The summed E-state index contributed by atoms with van der Waals surface area (Å²) >= 11 is 0. The first-order valence-electron chi connectivity index (χ1n) is 6.85. The number of anilines is 1. The third kappa shape index (κ3) is 5.73. The molecule has 1 aromatic heterocycles. The van der Waals surface area contributed by atoms with Crippen LogP contribution in [0.3, 0.4) is 0 Å². The van der Waals surface area contributed by atoms with Crippen LogP contribution < -0.4 is 4.90 Å². The van der Waals surface area contributed by atoms with Crippen molar-refractivity contribution in [1.29, 1.82) is 0 Å². The lowest BCUT2D eigenvalue weighted by molar-refractivity contribution is 0.199. The predicted molar refractivity (Wildman–Crippen MR) is 79.7 cm³/mol. The molecular formula is C15H26N2O2. The fourth-order valence-corrected chi connectivity index (χ4v) is 1.39. The van der Waals surface area contributed by atoms with Crippen LogP contribution in [-0.4, -0.2) is 22.7 Å². The molecule has 1 N–H and O–H groups in total. The summed E-state index contributed by atoms with van der Waals surface area (Å²) in [7, 11) is 0. The van der Waals surface area contributed by atoms with Gasteiger partial charge in [-0.25, -0.2) is 9.78 Å². The van der Waals surface area contributed by atoms with Gasteiger partial charge in [0.25, 0.3) is 0 Å². The van der Waals surface area contributed by atoms with Crippen molar-refractivity contribution in [1.82, 2.24) is 4.98 Å². The number of amides is 1. The normalized spacial score (nSPS) is 11.5. The second-order valence-corrected chi connectivity index (χ2v) is 4.81. The Labute approximate surface area is 116 Å². The number of nitrogens with zero attached hydrogens (tertiary/aromatic N) is 2. The van der Waals surface area contributed by atoms with E-state index in [2.05, 4.69) is 25.8 Å². The van der Waals surface area contributed by atoms with Crippen molar-refractivity contribution in [2.24, 2.45) is 11.8 Å². The Morgan fingerprint density at radius 3 is 2.26 bits per heavy atom. The number of aromatic nitrogens is 1. The average molecular weight is 266 g/mol. The van der Waals surface area contributed by atoms with E-state index in [4.69, 9.17) is 0 Å². The van der Waals surface area contributed by atoms with Gasteiger partial charge in [-0.1, -0.05) is 40.7 Å². The molecule has 0 aliphatic heterocycles. The number of pyridine rings is 1. The van der Waals surface area contributed by atoms with E-state index in [1.165, 1.54) is 4.90 Å². The van der Waals surface area contributed by atoms with Gasteiger partial charge in [0.05, 0.1) is 0 Å². The van der Waals surface area contributed by atoms with Gasteiger partial charge >= 0.3 is 6.09 Å². The maximum atomic E-state index is 11.2. The summed E-state index contributed by atoms with van der Waals surface area (Å²) in [5, 5.41) is 9.21. The number of hydrogen-bond donors (Lipinski definition) is 1. The molecular weight excluding hydrogens is 240 g/mol. The molecule has 1 rings (SSSR count). The largest absolute Gasteiger partial charge is 0.465 e. The smallest absolute Gasteiger partial charge is 0.413 e. The fraction of sp³-hybridized carbons (Fsp3) is 0.600. The molecule has 108 valence electrons. The van der Waals surface area contributed by atoms with E-state index in [0.29, 0.717) is 24.2 Å². The number of hydrogen-bond acceptors (Lipinski definition) is 2. The minimum Gasteiger partial charge on any atom is -0.465 e. The molecule has 1 heterocycles. The molecule has 19 heavy (non-hydrogen) atoms. The molecule has 0 aliphatic carbocycles. The second kappa shape index (κ2) is 8.51. The lowest BCUT2D eigenvalue weighted by Crippen LogP contribution is -2.35. The van der Waals surface area contributed by atoms with Crippen LogP contribution in [-0.2, 0) is 0 Å². The molecule has 0 spiro atoms. The van der Waals surface area contributed by atoms with Gasteiger partial charge in [0.15, 0.2) is 0 Å². The monoisotopic (exact) mass is 266 g/mol. The summed E-state index contributed by atoms with van der Waals surface area (Å²) in [6.45, 7) is 12.6. The second-order valence-electron chi connectivity index (χ2n) is 4.81. The van der Waals surface area contributed by atoms with Crippen LogP contribution in [0.5, 0.6) is 0 Å². The van der Waals surface area contributed by atoms with Gasteiger partial charge in [0.1, 0.15) is 5.82 Å². The number of aryl methyl sites for hydroxylation is 1. The summed E-state index contributed by atoms with van der Waals surface area (Å²) in [6, 6.07) is 3.62. The van der Waals surface area contributed by atoms with Gasteiger partial charge in [-0.05, 0) is 30.4 Å². The summed E-state index contributed by atoms with van der Waals surface area (Å²) in [6.07, 6.45) is 0.736. The van der Waals surface area contributed by atoms with E-state index in [1.807, 2.05) is 26.8 Å². The van der Waals surface area contributed by atoms with E-state index >= 15 is 0 Å². The molecule has 1 aromatic rings. The molecule has 0 bridgehead atoms. The van der Waals surface area contributed by atoms with Crippen molar-refractivity contribution in [3.05, 3.63) is 23.9 Å². The Balaban J connectivity index is 0.00000154. The number of carbonyl (C=O) groups is 1. The summed E-state index contributed by atoms with van der Waals surface area (Å²) in [4.78, 5) is 16.7. The highest BCUT2D eigenvalue weighted by atomic mass is 16.4. The molecule has 0 fully saturated rings. The van der Waals surface area contributed by atoms with Crippen LogP contribution >= 0.6 is 0 Å². The summed E-state index contributed by atoms with van der Waals surface area (Å²) in [5.41, 5.74) is 1.02. The van der Waals surface area contributed by atoms with E-state index in [-0.39, 0.29) is 0 Å². The van der Waals surface area contributed by atoms with Crippen molar-refractivity contribution in [2.75, 3.05) is 11.4 Å². The maximum Gasteiger partial charge on any atom is 0.413 e. The van der Waals surface area contributed by atoms with Gasteiger partial charge in [0, 0.05) is 12.7 Å². The van der Waals surface area contributed by atoms with Crippen LogP contribution in [0, 0.1) is 18.8 Å². The number of carboxylic acid groups (broad SMARTS) is 1. The van der Waals surface area contributed by atoms with Crippen molar-refractivity contribution < 1.29 is 9.90 Å². The SMILES string of the molecule is CC.Cc1ccc(N(CC(C)C(C)C)C(=O)O)nc1. The Hall–Kier alpha value is -1.58. The van der Waals surface area contributed by atoms with Gasteiger partial charge in [0.2, 0.25) is 0 Å². The van der Waals surface area contributed by atoms with Gasteiger partial charge in [-0.15, -0.1) is 0 Å². The Bertz CT molecular complexity index is 374. The lowest BCUT2D eigenvalue weighted by Gasteiger charge is -2.24. The molecule has 0 aromatic carbocycles. The molecule has 4 nitrogen and oxygen atoms in total. The van der Waals surface area contributed by atoms with Gasteiger partial charge < -0.3 is 5.11 Å². The summed E-state index contributed by atoms with van der Waals surface area (Å²) in [5.74, 6) is 1.24. The third-order valence-corrected chi connectivity index (χ3v) is 3.01. The maximum absolute atomic E-state index is 11.2. The quantitative estimate of drug-likeness (QED) is 0.888. The van der Waals surface area contributed by atoms with E-state index < -0.39 is 6.09 Å². The molecule has 0 radical (unpaired) electrons. The minimum absolute atomic E-state index is 0.300. The topological polar surface area (TPSA) is 53.4 Å². The first-order valence-corrected chi connectivity index (χ1v) is 6.85. The first kappa shape index (κ1) is 17.4. The first-order chi connectivity index (χ1) is 8.91. The highest BCUT2D eigenvalue weighted by Gasteiger charge is 2.20. The molecule has 4 heteroatoms. The standard InChI is InChI=1S/C13H20N2O2.C2H6/c1-9(2)11(4)8-15(13(16)17)12-6-5-10(3)7-14-12;1-2/h5-7,9,11H,8H2,1-4H3,(H,16,17);1-2H3. The minimum atomic E-state index is -0.950. The fourth-order valence-electron chi connectivity index (χ4n) is 1.39. The third-order valence-electron chi connectivity index (χ3n) is 3.01. The van der Waals surface area contributed by atoms with Crippen LogP contribution in [0.15, 0.2) is 18.3 Å². The van der Waals surface area contributed by atoms with E-state index in [9.17, 15) is 9.90 Å². The van der Waals surface area contributed by atoms with Crippen molar-refractivity contribution in [2.45, 2.75) is 41.5 Å². The molecule has 0 saturated heterocycles. The van der Waals surface area contributed by atoms with Crippen LogP contribution in [0.2, 0.25) is 0 Å². The van der Waals surface area contributed by atoms with Gasteiger partial charge in [-0.3, -0.25) is 4.90 Å². The Kier molecular flexibility index (Phi) is 7.80. The van der Waals surface area contributed by atoms with E-state index in [0.717, 1.165) is 5.56 Å². The highest BCUT2D eigenvalue weighted by Crippen LogP contribution is 2.17. The van der Waals surface area contributed by atoms with Crippen molar-refractivity contribution in [3.8, 4) is 0 Å². The zero-order valence-electron chi connectivity index (χ0n) is 12.8. The van der Waals surface area contributed by atoms with Crippen LogP contribution in [0.4, 0.5) is 10.6 Å². The highest BCUT2D eigenvalue weighted by molar-refractivity contribution is 5.84. The van der Waals surface area contributed by atoms with Gasteiger partial charge in [-0.2, -0.15) is 0 Å².